The minimum atomic E-state index is -0.970. The lowest BCUT2D eigenvalue weighted by Gasteiger charge is -2.32. The molecule has 0 spiro atoms. The summed E-state index contributed by atoms with van der Waals surface area (Å²) in [6.45, 7) is 1.32. The Balaban J connectivity index is 2.14. The lowest BCUT2D eigenvalue weighted by atomic mass is 10.0. The molecule has 1 aliphatic heterocycles. The lowest BCUT2D eigenvalue weighted by Crippen LogP contribution is -2.48. The lowest BCUT2D eigenvalue weighted by molar-refractivity contribution is -0.143. The van der Waals surface area contributed by atoms with Crippen LogP contribution in [0.4, 0.5) is 0 Å². The number of aromatic nitrogens is 3. The first-order valence-electron chi connectivity index (χ1n) is 6.27. The Morgan fingerprint density at radius 2 is 2.26 bits per heavy atom. The molecule has 0 aromatic carbocycles. The zero-order chi connectivity index (χ0) is 13.8. The molecule has 1 fully saturated rings. The zero-order valence-electron chi connectivity index (χ0n) is 10.5. The summed E-state index contributed by atoms with van der Waals surface area (Å²) in [4.78, 5) is 24.8. The molecule has 104 valence electrons. The second kappa shape index (κ2) is 5.79. The van der Waals surface area contributed by atoms with Crippen LogP contribution in [0.1, 0.15) is 29.8 Å². The van der Waals surface area contributed by atoms with Crippen LogP contribution >= 0.6 is 0 Å². The van der Waals surface area contributed by atoms with Gasteiger partial charge in [-0.3, -0.25) is 9.48 Å². The van der Waals surface area contributed by atoms with Gasteiger partial charge in [-0.05, 0) is 19.3 Å². The van der Waals surface area contributed by atoms with Crippen molar-refractivity contribution in [3.8, 4) is 0 Å². The Kier molecular flexibility index (Phi) is 4.10. The second-order valence-corrected chi connectivity index (χ2v) is 4.50. The summed E-state index contributed by atoms with van der Waals surface area (Å²) >= 11 is 0. The predicted molar refractivity (Wildman–Crippen MR) is 65.4 cm³/mol. The van der Waals surface area contributed by atoms with Crippen LogP contribution in [-0.2, 0) is 11.3 Å². The van der Waals surface area contributed by atoms with E-state index in [9.17, 15) is 9.59 Å². The molecule has 1 saturated heterocycles. The molecule has 19 heavy (non-hydrogen) atoms. The number of piperidine rings is 1. The summed E-state index contributed by atoms with van der Waals surface area (Å²) in [7, 11) is 0. The average Bonchev–Trinajstić information content (AvgIpc) is 2.87. The molecular weight excluding hydrogens is 250 g/mol. The first-order chi connectivity index (χ1) is 9.13. The van der Waals surface area contributed by atoms with E-state index in [4.69, 9.17) is 10.8 Å². The molecule has 0 saturated carbocycles. The molecule has 8 heteroatoms. The van der Waals surface area contributed by atoms with Crippen LogP contribution in [0, 0.1) is 0 Å². The number of carboxylic acid groups (broad SMARTS) is 1. The van der Waals surface area contributed by atoms with E-state index in [1.807, 2.05) is 0 Å². The summed E-state index contributed by atoms with van der Waals surface area (Å²) in [5.74, 6) is -1.35. The fourth-order valence-corrected chi connectivity index (χ4v) is 2.22. The molecular formula is C11H17N5O3. The third kappa shape index (κ3) is 2.90. The first-order valence-corrected chi connectivity index (χ1v) is 6.27. The van der Waals surface area contributed by atoms with Crippen LogP contribution < -0.4 is 5.73 Å². The number of likely N-dealkylation sites (tertiary alicyclic amines) is 1. The van der Waals surface area contributed by atoms with Gasteiger partial charge in [0.1, 0.15) is 6.04 Å². The molecule has 0 aliphatic carbocycles. The number of carbonyl (C=O) groups excluding carboxylic acids is 1. The molecule has 1 aliphatic rings. The first kappa shape index (κ1) is 13.5. The van der Waals surface area contributed by atoms with Crippen molar-refractivity contribution in [2.24, 2.45) is 5.73 Å². The summed E-state index contributed by atoms with van der Waals surface area (Å²) in [6.07, 6.45) is 3.62. The van der Waals surface area contributed by atoms with Crippen molar-refractivity contribution in [2.75, 3.05) is 13.1 Å². The van der Waals surface area contributed by atoms with Gasteiger partial charge in [-0.2, -0.15) is 0 Å². The van der Waals surface area contributed by atoms with Gasteiger partial charge < -0.3 is 15.7 Å². The van der Waals surface area contributed by atoms with Gasteiger partial charge in [0.25, 0.3) is 5.91 Å². The fourth-order valence-electron chi connectivity index (χ4n) is 2.22. The van der Waals surface area contributed by atoms with Crippen LogP contribution in [0.5, 0.6) is 0 Å². The second-order valence-electron chi connectivity index (χ2n) is 4.50. The van der Waals surface area contributed by atoms with Gasteiger partial charge in [0.05, 0.1) is 12.7 Å². The number of aliphatic carboxylic acids is 1. The Morgan fingerprint density at radius 3 is 2.95 bits per heavy atom. The maximum Gasteiger partial charge on any atom is 0.326 e. The van der Waals surface area contributed by atoms with Gasteiger partial charge in [-0.1, -0.05) is 5.21 Å². The van der Waals surface area contributed by atoms with Crippen molar-refractivity contribution >= 4 is 11.9 Å². The van der Waals surface area contributed by atoms with Gasteiger partial charge in [-0.25, -0.2) is 4.79 Å². The number of nitrogens with zero attached hydrogens (tertiary/aromatic N) is 4. The molecule has 2 rings (SSSR count). The van der Waals surface area contributed by atoms with E-state index < -0.39 is 12.0 Å². The summed E-state index contributed by atoms with van der Waals surface area (Å²) in [6, 6.07) is -0.763. The van der Waals surface area contributed by atoms with Crippen molar-refractivity contribution < 1.29 is 14.7 Å². The number of amides is 1. The van der Waals surface area contributed by atoms with Crippen molar-refractivity contribution in [3.63, 3.8) is 0 Å². The van der Waals surface area contributed by atoms with E-state index in [-0.39, 0.29) is 11.6 Å². The number of hydrogen-bond acceptors (Lipinski definition) is 5. The highest BCUT2D eigenvalue weighted by molar-refractivity contribution is 5.94. The third-order valence-electron chi connectivity index (χ3n) is 3.16. The van der Waals surface area contributed by atoms with Gasteiger partial charge in [0.2, 0.25) is 0 Å². The van der Waals surface area contributed by atoms with Crippen molar-refractivity contribution in [1.29, 1.82) is 0 Å². The molecule has 1 aromatic heterocycles. The van der Waals surface area contributed by atoms with Crippen molar-refractivity contribution in [1.82, 2.24) is 19.9 Å². The van der Waals surface area contributed by atoms with Gasteiger partial charge in [0, 0.05) is 13.1 Å². The number of carbonyl (C=O) groups is 2. The minimum absolute atomic E-state index is 0.168. The molecule has 2 heterocycles. The van der Waals surface area contributed by atoms with E-state index in [1.165, 1.54) is 15.8 Å². The maximum absolute atomic E-state index is 12.2. The highest BCUT2D eigenvalue weighted by Crippen LogP contribution is 2.19. The normalized spacial score (nSPS) is 19.4. The number of hydrogen-bond donors (Lipinski definition) is 2. The van der Waals surface area contributed by atoms with Gasteiger partial charge in [-0.15, -0.1) is 5.10 Å². The molecule has 3 N–H and O–H groups in total. The Hall–Kier alpha value is -1.96. The highest BCUT2D eigenvalue weighted by atomic mass is 16.4. The quantitative estimate of drug-likeness (QED) is 0.746. The number of rotatable bonds is 4. The van der Waals surface area contributed by atoms with Crippen LogP contribution in [0.15, 0.2) is 6.20 Å². The van der Waals surface area contributed by atoms with E-state index in [2.05, 4.69) is 10.3 Å². The van der Waals surface area contributed by atoms with Crippen molar-refractivity contribution in [3.05, 3.63) is 11.9 Å². The summed E-state index contributed by atoms with van der Waals surface area (Å²) < 4.78 is 1.48. The molecule has 8 nitrogen and oxygen atoms in total. The predicted octanol–water partition coefficient (Wildman–Crippen LogP) is -0.684. The smallest absolute Gasteiger partial charge is 0.326 e. The van der Waals surface area contributed by atoms with E-state index in [0.717, 1.165) is 12.8 Å². The molecule has 1 aromatic rings. The molecule has 0 radical (unpaired) electrons. The third-order valence-corrected chi connectivity index (χ3v) is 3.16. The van der Waals surface area contributed by atoms with E-state index in [1.54, 1.807) is 0 Å². The monoisotopic (exact) mass is 267 g/mol. The van der Waals surface area contributed by atoms with Gasteiger partial charge in [0.15, 0.2) is 5.69 Å². The molecule has 1 unspecified atom stereocenters. The SMILES string of the molecule is NCCn1cc(C(=O)N2CCCCC2C(=O)O)nn1. The number of nitrogens with two attached hydrogens (primary N) is 1. The number of carboxylic acids is 1. The molecule has 1 amide bonds. The Morgan fingerprint density at radius 1 is 1.47 bits per heavy atom. The van der Waals surface area contributed by atoms with Crippen LogP contribution in [0.2, 0.25) is 0 Å². The average molecular weight is 267 g/mol. The summed E-state index contributed by atoms with van der Waals surface area (Å²) in [5.41, 5.74) is 5.56. The van der Waals surface area contributed by atoms with Crippen LogP contribution in [-0.4, -0.2) is 56.0 Å². The maximum atomic E-state index is 12.2. The van der Waals surface area contributed by atoms with E-state index in [0.29, 0.717) is 26.1 Å². The van der Waals surface area contributed by atoms with Gasteiger partial charge >= 0.3 is 5.97 Å². The standard InChI is InChI=1S/C11H17N5O3/c12-4-6-15-7-8(13-14-15)10(17)16-5-2-1-3-9(16)11(18)19/h7,9H,1-6,12H2,(H,18,19). The summed E-state index contributed by atoms with van der Waals surface area (Å²) in [5, 5.41) is 16.7. The van der Waals surface area contributed by atoms with Crippen LogP contribution in [0.3, 0.4) is 0 Å². The largest absolute Gasteiger partial charge is 0.480 e. The van der Waals surface area contributed by atoms with E-state index >= 15 is 0 Å². The zero-order valence-corrected chi connectivity index (χ0v) is 10.5. The fraction of sp³-hybridized carbons (Fsp3) is 0.636. The molecule has 1 atom stereocenters. The highest BCUT2D eigenvalue weighted by Gasteiger charge is 2.33. The minimum Gasteiger partial charge on any atom is -0.480 e. The van der Waals surface area contributed by atoms with Crippen LogP contribution in [0.25, 0.3) is 0 Å². The van der Waals surface area contributed by atoms with Crippen molar-refractivity contribution in [2.45, 2.75) is 31.8 Å². The molecule has 0 bridgehead atoms. The Labute approximate surface area is 110 Å². The topological polar surface area (TPSA) is 114 Å². The Bertz CT molecular complexity index is 473.